The first kappa shape index (κ1) is 25.6. The van der Waals surface area contributed by atoms with E-state index in [4.69, 9.17) is 4.74 Å². The van der Waals surface area contributed by atoms with E-state index in [1.165, 1.54) is 0 Å². The van der Waals surface area contributed by atoms with Crippen LogP contribution in [0, 0.1) is 11.8 Å². The highest BCUT2D eigenvalue weighted by Gasteiger charge is 2.54. The van der Waals surface area contributed by atoms with Crippen LogP contribution in [-0.2, 0) is 11.1 Å². The molecule has 4 aromatic rings. The number of hydrogen-bond donors (Lipinski definition) is 1. The van der Waals surface area contributed by atoms with E-state index in [-0.39, 0.29) is 17.9 Å². The summed E-state index contributed by atoms with van der Waals surface area (Å²) in [5, 5.41) is 13.1. The third-order valence-corrected chi connectivity index (χ3v) is 11.1. The molecule has 1 fully saturated rings. The highest BCUT2D eigenvalue weighted by molar-refractivity contribution is 7.73. The van der Waals surface area contributed by atoms with Crippen LogP contribution >= 0.6 is 7.29 Å². The van der Waals surface area contributed by atoms with Gasteiger partial charge in [-0.2, -0.15) is 0 Å². The van der Waals surface area contributed by atoms with E-state index >= 15 is 4.57 Å². The molecule has 0 saturated carbocycles. The number of benzene rings is 4. The molecule has 4 aromatic carbocycles. The summed E-state index contributed by atoms with van der Waals surface area (Å²) in [6, 6.07) is 37.9. The molecule has 1 heterocycles. The lowest BCUT2D eigenvalue weighted by atomic mass is 9.84. The Kier molecular flexibility index (Phi) is 7.10. The Morgan fingerprint density at radius 1 is 0.821 bits per heavy atom. The highest BCUT2D eigenvalue weighted by Crippen LogP contribution is 2.72. The molecule has 0 bridgehead atoms. The smallest absolute Gasteiger partial charge is 0.204 e. The van der Waals surface area contributed by atoms with Gasteiger partial charge in [0.05, 0.1) is 19.3 Å². The van der Waals surface area contributed by atoms with Gasteiger partial charge in [-0.3, -0.25) is 4.57 Å². The zero-order valence-corrected chi connectivity index (χ0v) is 22.8. The monoisotopic (exact) mass is 533 g/mol. The van der Waals surface area contributed by atoms with E-state index in [2.05, 4.69) is 47.2 Å². The summed E-state index contributed by atoms with van der Waals surface area (Å²) in [4.78, 5) is 0. The summed E-state index contributed by atoms with van der Waals surface area (Å²) in [6.45, 7) is 0.556. The van der Waals surface area contributed by atoms with Crippen molar-refractivity contribution in [2.45, 2.75) is 18.7 Å². The molecule has 5 atom stereocenters. The summed E-state index contributed by atoms with van der Waals surface area (Å²) in [5.41, 5.74) is 3.05. The Hall–Kier alpha value is -3.69. The number of hydrogen-bond acceptors (Lipinski definition) is 3. The second-order valence-corrected chi connectivity index (χ2v) is 12.8. The topological polar surface area (TPSA) is 49.8 Å². The Morgan fingerprint density at radius 2 is 1.44 bits per heavy atom. The number of rotatable bonds is 7. The molecule has 0 amide bonds. The maximum absolute atomic E-state index is 15.6. The molecule has 1 N–H and O–H groups in total. The zero-order chi connectivity index (χ0) is 26.8. The van der Waals surface area contributed by atoms with Crippen molar-refractivity contribution in [3.8, 4) is 5.75 Å². The molecule has 4 nitrogen and oxygen atoms in total. The molecule has 196 valence electrons. The van der Waals surface area contributed by atoms with Crippen molar-refractivity contribution in [2.75, 3.05) is 7.11 Å². The van der Waals surface area contributed by atoms with Crippen LogP contribution in [0.15, 0.2) is 139 Å². The van der Waals surface area contributed by atoms with Crippen molar-refractivity contribution in [2.24, 2.45) is 11.8 Å². The van der Waals surface area contributed by atoms with Crippen LogP contribution in [0.5, 0.6) is 5.75 Å². The van der Waals surface area contributed by atoms with Crippen LogP contribution < -0.4 is 10.0 Å². The van der Waals surface area contributed by atoms with Crippen LogP contribution in [0.2, 0.25) is 0 Å². The van der Waals surface area contributed by atoms with Gasteiger partial charge in [-0.1, -0.05) is 109 Å². The molecule has 5 heteroatoms. The fourth-order valence-electron chi connectivity index (χ4n) is 5.93. The molecule has 0 radical (unpaired) electrons. The molecule has 0 spiro atoms. The minimum absolute atomic E-state index is 0.0681. The van der Waals surface area contributed by atoms with Gasteiger partial charge in [-0.05, 0) is 41.0 Å². The minimum Gasteiger partial charge on any atom is -0.497 e. The molecule has 1 saturated heterocycles. The Bertz CT molecular complexity index is 1520. The molecular weight excluding hydrogens is 501 g/mol. The zero-order valence-electron chi connectivity index (χ0n) is 21.9. The van der Waals surface area contributed by atoms with Crippen molar-refractivity contribution in [1.82, 2.24) is 4.67 Å². The number of aliphatic hydroxyl groups is 1. The maximum Gasteiger partial charge on any atom is 0.204 e. The minimum atomic E-state index is -3.22. The van der Waals surface area contributed by atoms with Crippen molar-refractivity contribution in [3.05, 3.63) is 155 Å². The van der Waals surface area contributed by atoms with Crippen molar-refractivity contribution in [3.63, 3.8) is 0 Å². The summed E-state index contributed by atoms with van der Waals surface area (Å²) in [7, 11) is -1.59. The standard InChI is InChI=1S/C34H32NO3P/c1-38-29-20-17-27(18-21-29)34(36)28-19-22-31-32(23-28)39(37,30-15-9-4-10-16-30)35(24-25-11-5-2-6-12-25)33(31)26-13-7-3-8-14-26/h2-23,28,31,33-34,36H,24H2,1H3/t28-,31+,33-,34-,39-/m1/s1. The van der Waals surface area contributed by atoms with Gasteiger partial charge in [-0.25, -0.2) is 4.67 Å². The van der Waals surface area contributed by atoms with Crippen molar-refractivity contribution < 1.29 is 14.4 Å². The largest absolute Gasteiger partial charge is 0.497 e. The first-order valence-corrected chi connectivity index (χ1v) is 15.0. The van der Waals surface area contributed by atoms with Crippen molar-refractivity contribution in [1.29, 1.82) is 0 Å². The molecule has 0 unspecified atom stereocenters. The van der Waals surface area contributed by atoms with Gasteiger partial charge in [0, 0.05) is 29.0 Å². The highest BCUT2D eigenvalue weighted by atomic mass is 31.2. The number of methoxy groups -OCH3 is 1. The number of nitrogens with zero attached hydrogens (tertiary/aromatic N) is 1. The second-order valence-electron chi connectivity index (χ2n) is 10.1. The van der Waals surface area contributed by atoms with Gasteiger partial charge in [0.25, 0.3) is 0 Å². The van der Waals surface area contributed by atoms with Crippen LogP contribution in [0.25, 0.3) is 0 Å². The van der Waals surface area contributed by atoms with Crippen LogP contribution in [-0.4, -0.2) is 16.9 Å². The average Bonchev–Trinajstić information content (AvgIpc) is 3.26. The summed E-state index contributed by atoms with van der Waals surface area (Å²) < 4.78 is 23.1. The number of aliphatic hydroxyl groups excluding tert-OH is 1. The molecule has 2 aliphatic rings. The first-order valence-electron chi connectivity index (χ1n) is 13.3. The summed E-state index contributed by atoms with van der Waals surface area (Å²) in [5.74, 6) is 0.381. The lowest BCUT2D eigenvalue weighted by Crippen LogP contribution is -2.25. The molecule has 1 aliphatic carbocycles. The predicted octanol–water partition coefficient (Wildman–Crippen LogP) is 7.28. The molecule has 0 aromatic heterocycles. The molecule has 6 rings (SSSR count). The van der Waals surface area contributed by atoms with Gasteiger partial charge >= 0.3 is 0 Å². The fourth-order valence-corrected chi connectivity index (χ4v) is 9.40. The Morgan fingerprint density at radius 3 is 2.08 bits per heavy atom. The lowest BCUT2D eigenvalue weighted by Gasteiger charge is -2.31. The number of fused-ring (bicyclic) bond motifs is 1. The fraction of sp³-hybridized carbons (Fsp3) is 0.176. The van der Waals surface area contributed by atoms with Gasteiger partial charge in [0.2, 0.25) is 7.29 Å². The average molecular weight is 534 g/mol. The molecule has 39 heavy (non-hydrogen) atoms. The van der Waals surface area contributed by atoms with Gasteiger partial charge in [0.1, 0.15) is 5.75 Å². The van der Waals surface area contributed by atoms with Crippen molar-refractivity contribution >= 4 is 12.6 Å². The van der Waals surface area contributed by atoms with E-state index in [0.717, 1.165) is 33.1 Å². The van der Waals surface area contributed by atoms with Crippen LogP contribution in [0.1, 0.15) is 28.8 Å². The van der Waals surface area contributed by atoms with Gasteiger partial charge in [0.15, 0.2) is 0 Å². The Labute approximate surface area is 230 Å². The molecular formula is C34H32NO3P. The first-order chi connectivity index (χ1) is 19.1. The van der Waals surface area contributed by atoms with E-state index in [0.29, 0.717) is 6.54 Å². The van der Waals surface area contributed by atoms with E-state index in [1.54, 1.807) is 7.11 Å². The molecule has 1 aliphatic heterocycles. The van der Waals surface area contributed by atoms with E-state index < -0.39 is 13.4 Å². The maximum atomic E-state index is 15.6. The van der Waals surface area contributed by atoms with Gasteiger partial charge in [-0.15, -0.1) is 0 Å². The summed E-state index contributed by atoms with van der Waals surface area (Å²) in [6.07, 6.45) is 5.57. The summed E-state index contributed by atoms with van der Waals surface area (Å²) >= 11 is 0. The predicted molar refractivity (Wildman–Crippen MR) is 157 cm³/mol. The SMILES string of the molecule is COc1ccc([C@@H](O)[C@@H]2C=C[C@H]3C(=C2)[P@](=O)(c2ccccc2)N(Cc2ccccc2)[C@@H]3c2ccccc2)cc1. The normalized spacial score (nSPS) is 25.1. The van der Waals surface area contributed by atoms with Gasteiger partial charge < -0.3 is 9.84 Å². The van der Waals surface area contributed by atoms with E-state index in [1.807, 2.05) is 91.0 Å². The third-order valence-electron chi connectivity index (χ3n) is 7.87. The number of ether oxygens (including phenoxy) is 1. The quantitative estimate of drug-likeness (QED) is 0.200. The second kappa shape index (κ2) is 10.8. The van der Waals surface area contributed by atoms with Crippen LogP contribution in [0.3, 0.4) is 0 Å². The lowest BCUT2D eigenvalue weighted by molar-refractivity contribution is 0.149. The van der Waals surface area contributed by atoms with Crippen LogP contribution in [0.4, 0.5) is 0 Å². The van der Waals surface area contributed by atoms with E-state index in [9.17, 15) is 5.11 Å². The third kappa shape index (κ3) is 4.70. The Balaban J connectivity index is 1.49.